The van der Waals surface area contributed by atoms with Crippen LogP contribution in [0.15, 0.2) is 48.5 Å². The Bertz CT molecular complexity index is 1180. The summed E-state index contributed by atoms with van der Waals surface area (Å²) in [5, 5.41) is 3.67. The maximum atomic E-state index is 13.6. The molecule has 0 saturated heterocycles. The number of benzene rings is 2. The Kier molecular flexibility index (Phi) is 10.4. The van der Waals surface area contributed by atoms with Crippen molar-refractivity contribution >= 4 is 39.1 Å². The van der Waals surface area contributed by atoms with Crippen LogP contribution >= 0.6 is 11.6 Å². The summed E-state index contributed by atoms with van der Waals surface area (Å²) in [6, 6.07) is 14.1. The molecule has 3 rings (SSSR count). The maximum Gasteiger partial charge on any atom is 0.243 e. The monoisotopic (exact) mass is 547 g/mol. The first-order valence-electron chi connectivity index (χ1n) is 13.0. The van der Waals surface area contributed by atoms with Crippen molar-refractivity contribution in [3.8, 4) is 0 Å². The molecule has 2 aromatic carbocycles. The van der Waals surface area contributed by atoms with Gasteiger partial charge in [-0.2, -0.15) is 0 Å². The average Bonchev–Trinajstić information content (AvgIpc) is 3.35. The van der Waals surface area contributed by atoms with Gasteiger partial charge >= 0.3 is 0 Å². The third kappa shape index (κ3) is 7.95. The quantitative estimate of drug-likeness (QED) is 0.402. The lowest BCUT2D eigenvalue weighted by Gasteiger charge is -2.32. The van der Waals surface area contributed by atoms with Gasteiger partial charge in [-0.3, -0.25) is 13.9 Å². The molecule has 1 aliphatic carbocycles. The number of para-hydroxylation sites is 1. The van der Waals surface area contributed by atoms with E-state index in [0.717, 1.165) is 36.8 Å². The van der Waals surface area contributed by atoms with Crippen LogP contribution in [0.4, 0.5) is 5.69 Å². The second-order valence-electron chi connectivity index (χ2n) is 9.75. The number of hydrogen-bond donors (Lipinski definition) is 1. The summed E-state index contributed by atoms with van der Waals surface area (Å²) in [6.45, 7) is 4.14. The molecule has 7 nitrogen and oxygen atoms in total. The lowest BCUT2D eigenvalue weighted by Crippen LogP contribution is -2.51. The van der Waals surface area contributed by atoms with Gasteiger partial charge in [0.2, 0.25) is 21.8 Å². The molecule has 1 saturated carbocycles. The van der Waals surface area contributed by atoms with Crippen molar-refractivity contribution in [1.82, 2.24) is 10.2 Å². The fourth-order valence-electron chi connectivity index (χ4n) is 4.92. The molecule has 0 aromatic heterocycles. The van der Waals surface area contributed by atoms with Crippen LogP contribution in [-0.4, -0.2) is 50.0 Å². The Morgan fingerprint density at radius 2 is 1.73 bits per heavy atom. The van der Waals surface area contributed by atoms with E-state index in [9.17, 15) is 18.0 Å². The third-order valence-electron chi connectivity index (χ3n) is 6.92. The number of hydrogen-bond acceptors (Lipinski definition) is 4. The Balaban J connectivity index is 1.77. The van der Waals surface area contributed by atoms with Crippen LogP contribution in [0.3, 0.4) is 0 Å². The molecule has 9 heteroatoms. The van der Waals surface area contributed by atoms with E-state index in [4.69, 9.17) is 11.6 Å². The van der Waals surface area contributed by atoms with E-state index >= 15 is 0 Å². The highest BCUT2D eigenvalue weighted by Gasteiger charge is 2.31. The molecule has 37 heavy (non-hydrogen) atoms. The van der Waals surface area contributed by atoms with E-state index in [1.54, 1.807) is 23.1 Å². The van der Waals surface area contributed by atoms with Crippen LogP contribution in [0.2, 0.25) is 5.02 Å². The first-order chi connectivity index (χ1) is 17.6. The molecule has 1 aliphatic rings. The van der Waals surface area contributed by atoms with E-state index in [-0.39, 0.29) is 37.4 Å². The highest BCUT2D eigenvalue weighted by Crippen LogP contribution is 2.24. The summed E-state index contributed by atoms with van der Waals surface area (Å²) in [6.07, 6.45) is 6.18. The summed E-state index contributed by atoms with van der Waals surface area (Å²) in [5.41, 5.74) is 2.21. The lowest BCUT2D eigenvalue weighted by atomic mass is 10.1. The van der Waals surface area contributed by atoms with Gasteiger partial charge < -0.3 is 10.2 Å². The Morgan fingerprint density at radius 1 is 1.08 bits per heavy atom. The minimum Gasteiger partial charge on any atom is -0.352 e. The number of nitrogens with one attached hydrogen (secondary N) is 1. The Morgan fingerprint density at radius 3 is 2.35 bits per heavy atom. The number of sulfonamides is 1. The molecule has 1 fully saturated rings. The second-order valence-corrected chi connectivity index (χ2v) is 12.1. The molecule has 2 aromatic rings. The van der Waals surface area contributed by atoms with Crippen LogP contribution in [-0.2, 0) is 26.2 Å². The smallest absolute Gasteiger partial charge is 0.243 e. The van der Waals surface area contributed by atoms with E-state index < -0.39 is 16.1 Å². The molecule has 0 spiro atoms. The SMILES string of the molecule is CCC(C(=O)NC1CCCC1)N(Cc1ccccc1Cl)C(=O)CCCN(c1ccccc1C)S(C)(=O)=O. The topological polar surface area (TPSA) is 86.8 Å². The molecule has 1 N–H and O–H groups in total. The molecule has 1 unspecified atom stereocenters. The largest absolute Gasteiger partial charge is 0.352 e. The van der Waals surface area contributed by atoms with Gasteiger partial charge in [0.15, 0.2) is 0 Å². The fourth-order valence-corrected chi connectivity index (χ4v) is 6.14. The van der Waals surface area contributed by atoms with Crippen LogP contribution in [0.1, 0.15) is 63.0 Å². The minimum absolute atomic E-state index is 0.107. The van der Waals surface area contributed by atoms with Crippen LogP contribution in [0.5, 0.6) is 0 Å². The zero-order valence-electron chi connectivity index (χ0n) is 22.0. The van der Waals surface area contributed by atoms with Crippen molar-refractivity contribution in [2.24, 2.45) is 0 Å². The summed E-state index contributed by atoms with van der Waals surface area (Å²) < 4.78 is 26.4. The summed E-state index contributed by atoms with van der Waals surface area (Å²) >= 11 is 6.40. The van der Waals surface area contributed by atoms with Gasteiger partial charge in [0.25, 0.3) is 0 Å². The molecular weight excluding hydrogens is 510 g/mol. The van der Waals surface area contributed by atoms with Gasteiger partial charge in [0.1, 0.15) is 6.04 Å². The standard InChI is InChI=1S/C28H38ClN3O4S/c1-4-25(28(34)30-23-14-7-8-15-23)31(20-22-13-6-9-16-24(22)29)27(33)18-11-19-32(37(3,35)36)26-17-10-5-12-21(26)2/h5-6,9-10,12-13,16-17,23,25H,4,7-8,11,14-15,18-20H2,1-3H3,(H,30,34). The minimum atomic E-state index is -3.53. The number of carbonyl (C=O) groups is 2. The van der Waals surface area contributed by atoms with Crippen molar-refractivity contribution in [2.45, 2.75) is 77.4 Å². The summed E-state index contributed by atoms with van der Waals surface area (Å²) in [7, 11) is -3.53. The van der Waals surface area contributed by atoms with Gasteiger partial charge in [0, 0.05) is 30.6 Å². The number of anilines is 1. The highest BCUT2D eigenvalue weighted by atomic mass is 35.5. The number of nitrogens with zero attached hydrogens (tertiary/aromatic N) is 2. The van der Waals surface area contributed by atoms with E-state index in [1.165, 1.54) is 10.6 Å². The van der Waals surface area contributed by atoms with Crippen molar-refractivity contribution in [3.05, 3.63) is 64.7 Å². The number of halogens is 1. The first-order valence-corrected chi connectivity index (χ1v) is 15.2. The van der Waals surface area contributed by atoms with Gasteiger partial charge in [0.05, 0.1) is 11.9 Å². The van der Waals surface area contributed by atoms with Gasteiger partial charge in [-0.25, -0.2) is 8.42 Å². The molecular formula is C28H38ClN3O4S. The van der Waals surface area contributed by atoms with Crippen molar-refractivity contribution in [2.75, 3.05) is 17.1 Å². The second kappa shape index (κ2) is 13.3. The molecule has 2 amide bonds. The highest BCUT2D eigenvalue weighted by molar-refractivity contribution is 7.92. The molecule has 1 atom stereocenters. The number of amides is 2. The molecule has 0 heterocycles. The molecule has 0 radical (unpaired) electrons. The van der Waals surface area contributed by atoms with Crippen LogP contribution < -0.4 is 9.62 Å². The predicted molar refractivity (Wildman–Crippen MR) is 149 cm³/mol. The third-order valence-corrected chi connectivity index (χ3v) is 8.47. The summed E-state index contributed by atoms with van der Waals surface area (Å²) in [5.74, 6) is -0.348. The molecule has 0 bridgehead atoms. The number of aryl methyl sites for hydroxylation is 1. The number of carbonyl (C=O) groups excluding carboxylic acids is 2. The summed E-state index contributed by atoms with van der Waals surface area (Å²) in [4.78, 5) is 28.4. The van der Waals surface area contributed by atoms with E-state index in [2.05, 4.69) is 5.32 Å². The van der Waals surface area contributed by atoms with E-state index in [1.807, 2.05) is 44.2 Å². The Hall–Kier alpha value is -2.58. The van der Waals surface area contributed by atoms with Crippen molar-refractivity contribution in [1.29, 1.82) is 0 Å². The first kappa shape index (κ1) is 29.0. The lowest BCUT2D eigenvalue weighted by molar-refractivity contribution is -0.141. The maximum absolute atomic E-state index is 13.6. The van der Waals surface area contributed by atoms with Crippen molar-refractivity contribution < 1.29 is 18.0 Å². The normalized spacial score (nSPS) is 14.8. The fraction of sp³-hybridized carbons (Fsp3) is 0.500. The van der Waals surface area contributed by atoms with Gasteiger partial charge in [-0.05, 0) is 55.9 Å². The predicted octanol–water partition coefficient (Wildman–Crippen LogP) is 5.06. The van der Waals surface area contributed by atoms with Crippen LogP contribution in [0.25, 0.3) is 0 Å². The molecule has 202 valence electrons. The van der Waals surface area contributed by atoms with Gasteiger partial charge in [-0.1, -0.05) is 67.8 Å². The van der Waals surface area contributed by atoms with Crippen molar-refractivity contribution in [3.63, 3.8) is 0 Å². The Labute approximate surface area is 226 Å². The van der Waals surface area contributed by atoms with Crippen LogP contribution in [0, 0.1) is 6.92 Å². The number of rotatable bonds is 12. The molecule has 0 aliphatic heterocycles. The average molecular weight is 548 g/mol. The van der Waals surface area contributed by atoms with Gasteiger partial charge in [-0.15, -0.1) is 0 Å². The zero-order valence-corrected chi connectivity index (χ0v) is 23.5. The zero-order chi connectivity index (χ0) is 27.0. The van der Waals surface area contributed by atoms with E-state index in [0.29, 0.717) is 23.6 Å².